The normalized spacial score (nSPS) is 20.5. The Morgan fingerprint density at radius 3 is 2.26 bits per heavy atom. The molecule has 0 radical (unpaired) electrons. The first-order chi connectivity index (χ1) is 17.9. The van der Waals surface area contributed by atoms with E-state index in [9.17, 15) is 22.4 Å². The van der Waals surface area contributed by atoms with Gasteiger partial charge in [-0.05, 0) is 35.9 Å². The summed E-state index contributed by atoms with van der Waals surface area (Å²) >= 11 is 12.4. The van der Waals surface area contributed by atoms with Crippen molar-refractivity contribution in [2.75, 3.05) is 59.7 Å². The molecule has 2 heterocycles. The average Bonchev–Trinajstić information content (AvgIpc) is 3.34. The molecule has 2 aliphatic rings. The maximum atomic E-state index is 14.3. The maximum absolute atomic E-state index is 14.3. The van der Waals surface area contributed by atoms with Gasteiger partial charge in [-0.25, -0.2) is 17.6 Å². The van der Waals surface area contributed by atoms with Crippen LogP contribution < -0.4 is 4.74 Å². The van der Waals surface area contributed by atoms with Gasteiger partial charge in [-0.1, -0.05) is 29.3 Å². The molecule has 206 valence electrons. The second-order valence-electron chi connectivity index (χ2n) is 9.45. The molecule has 3 amide bonds. The molecule has 0 N–H and O–H groups in total. The molecule has 13 heteroatoms. The van der Waals surface area contributed by atoms with Crippen molar-refractivity contribution in [1.29, 1.82) is 0 Å². The number of benzene rings is 2. The van der Waals surface area contributed by atoms with Gasteiger partial charge in [0.2, 0.25) is 10.0 Å². The van der Waals surface area contributed by atoms with Gasteiger partial charge in [-0.2, -0.15) is 4.31 Å². The predicted octanol–water partition coefficient (Wildman–Crippen LogP) is 3.38. The van der Waals surface area contributed by atoms with E-state index in [4.69, 9.17) is 27.9 Å². The molecule has 2 aromatic rings. The van der Waals surface area contributed by atoms with E-state index in [1.54, 1.807) is 29.0 Å². The number of carbonyl (C=O) groups excluding carboxylic acids is 2. The van der Waals surface area contributed by atoms with Gasteiger partial charge in [0.15, 0.2) is 11.6 Å². The first-order valence-electron chi connectivity index (χ1n) is 11.9. The highest BCUT2D eigenvalue weighted by molar-refractivity contribution is 7.88. The number of ether oxygens (including phenoxy) is 1. The van der Waals surface area contributed by atoms with E-state index in [1.807, 2.05) is 6.07 Å². The minimum Gasteiger partial charge on any atom is -0.494 e. The molecular formula is C25H29Cl2FN4O5S. The van der Waals surface area contributed by atoms with Crippen LogP contribution in [-0.4, -0.2) is 105 Å². The van der Waals surface area contributed by atoms with Crippen LogP contribution in [0.1, 0.15) is 21.8 Å². The number of methoxy groups -OCH3 is 1. The summed E-state index contributed by atoms with van der Waals surface area (Å²) in [4.78, 5) is 31.6. The average molecular weight is 588 g/mol. The fourth-order valence-electron chi connectivity index (χ4n) is 4.97. The first-order valence-corrected chi connectivity index (χ1v) is 14.6. The number of nitrogens with zero attached hydrogens (tertiary/aromatic N) is 4. The summed E-state index contributed by atoms with van der Waals surface area (Å²) in [5.74, 6) is -1.31. The van der Waals surface area contributed by atoms with E-state index < -0.39 is 27.8 Å². The van der Waals surface area contributed by atoms with Gasteiger partial charge >= 0.3 is 6.03 Å². The van der Waals surface area contributed by atoms with Crippen LogP contribution in [0.5, 0.6) is 5.75 Å². The molecule has 38 heavy (non-hydrogen) atoms. The van der Waals surface area contributed by atoms with Crippen molar-refractivity contribution >= 4 is 45.2 Å². The van der Waals surface area contributed by atoms with Crippen LogP contribution in [0.25, 0.3) is 0 Å². The van der Waals surface area contributed by atoms with E-state index in [-0.39, 0.29) is 56.0 Å². The summed E-state index contributed by atoms with van der Waals surface area (Å²) in [5, 5.41) is 0.746. The Morgan fingerprint density at radius 2 is 1.68 bits per heavy atom. The maximum Gasteiger partial charge on any atom is 0.320 e. The Morgan fingerprint density at radius 1 is 1.00 bits per heavy atom. The number of sulfonamides is 1. The quantitative estimate of drug-likeness (QED) is 0.536. The smallest absolute Gasteiger partial charge is 0.320 e. The summed E-state index contributed by atoms with van der Waals surface area (Å²) in [6.07, 6.45) is 1.15. The van der Waals surface area contributed by atoms with Gasteiger partial charge in [-0.3, -0.25) is 4.79 Å². The Bertz CT molecular complexity index is 1340. The molecule has 0 unspecified atom stereocenters. The van der Waals surface area contributed by atoms with E-state index in [1.165, 1.54) is 28.4 Å². The summed E-state index contributed by atoms with van der Waals surface area (Å²) in [6, 6.07) is 8.56. The van der Waals surface area contributed by atoms with Crippen LogP contribution in [0, 0.1) is 5.82 Å². The van der Waals surface area contributed by atoms with E-state index in [0.29, 0.717) is 16.6 Å². The Kier molecular flexibility index (Phi) is 8.41. The SMILES string of the molecule is COc1ccc(C(=O)N(C)[C@@H]2CN(C(=O)N3CCN(S(C)(=O)=O)CC3)C[C@H]2c2ccc(Cl)c(Cl)c2)cc1F. The molecule has 2 fully saturated rings. The lowest BCUT2D eigenvalue weighted by Gasteiger charge is -2.35. The number of urea groups is 1. The third-order valence-corrected chi connectivity index (χ3v) is 9.17. The molecule has 2 saturated heterocycles. The highest BCUT2D eigenvalue weighted by Crippen LogP contribution is 2.35. The number of likely N-dealkylation sites (tertiary alicyclic amines) is 1. The Balaban J connectivity index is 1.58. The molecule has 4 rings (SSSR count). The number of hydrogen-bond donors (Lipinski definition) is 0. The van der Waals surface area contributed by atoms with E-state index in [2.05, 4.69) is 0 Å². The second kappa shape index (κ2) is 11.3. The largest absolute Gasteiger partial charge is 0.494 e. The van der Waals surface area contributed by atoms with Crippen molar-refractivity contribution in [3.63, 3.8) is 0 Å². The summed E-state index contributed by atoms with van der Waals surface area (Å²) < 4.78 is 44.3. The Labute approximate surface area is 231 Å². The van der Waals surface area contributed by atoms with Gasteiger partial charge in [0.25, 0.3) is 5.91 Å². The molecule has 0 aliphatic carbocycles. The fraction of sp³-hybridized carbons (Fsp3) is 0.440. The minimum absolute atomic E-state index is 0.0338. The van der Waals surface area contributed by atoms with E-state index >= 15 is 0 Å². The predicted molar refractivity (Wildman–Crippen MR) is 143 cm³/mol. The molecule has 9 nitrogen and oxygen atoms in total. The van der Waals surface area contributed by atoms with Crippen LogP contribution in [-0.2, 0) is 10.0 Å². The standard InChI is InChI=1S/C25H29Cl2FN4O5S/c1-29(24(33)17-5-7-23(37-2)21(28)13-17)22-15-31(14-18(22)16-4-6-19(26)20(27)12-16)25(34)30-8-10-32(11-9-30)38(3,35)36/h4-7,12-13,18,22H,8-11,14-15H2,1-3H3/t18-,22+/m0/s1. The van der Waals surface area contributed by atoms with Gasteiger partial charge in [-0.15, -0.1) is 0 Å². The zero-order valence-corrected chi connectivity index (χ0v) is 23.6. The molecule has 0 saturated carbocycles. The molecule has 2 aliphatic heterocycles. The van der Waals surface area contributed by atoms with Crippen molar-refractivity contribution in [2.24, 2.45) is 0 Å². The highest BCUT2D eigenvalue weighted by atomic mass is 35.5. The third kappa shape index (κ3) is 5.85. The van der Waals surface area contributed by atoms with Crippen molar-refractivity contribution < 1.29 is 27.1 Å². The van der Waals surface area contributed by atoms with Crippen LogP contribution in [0.3, 0.4) is 0 Å². The van der Waals surface area contributed by atoms with Crippen molar-refractivity contribution in [3.05, 3.63) is 63.4 Å². The monoisotopic (exact) mass is 586 g/mol. The van der Waals surface area contributed by atoms with Crippen LogP contribution in [0.2, 0.25) is 10.0 Å². The Hall–Kier alpha value is -2.60. The van der Waals surface area contributed by atoms with E-state index in [0.717, 1.165) is 17.9 Å². The zero-order chi connectivity index (χ0) is 27.8. The molecule has 0 bridgehead atoms. The lowest BCUT2D eigenvalue weighted by atomic mass is 9.93. The summed E-state index contributed by atoms with van der Waals surface area (Å²) in [5.41, 5.74) is 0.961. The molecule has 2 aromatic carbocycles. The molecule has 0 spiro atoms. The van der Waals surface area contributed by atoms with Crippen molar-refractivity contribution in [2.45, 2.75) is 12.0 Å². The highest BCUT2D eigenvalue weighted by Gasteiger charge is 2.42. The van der Waals surface area contributed by atoms with Gasteiger partial charge in [0, 0.05) is 57.8 Å². The summed E-state index contributed by atoms with van der Waals surface area (Å²) in [7, 11) is -0.360. The number of rotatable bonds is 5. The topological polar surface area (TPSA) is 90.5 Å². The lowest BCUT2D eigenvalue weighted by molar-refractivity contribution is 0.0722. The van der Waals surface area contributed by atoms with Gasteiger partial charge in [0.05, 0.1) is 29.5 Å². The number of piperazine rings is 1. The van der Waals surface area contributed by atoms with Crippen molar-refractivity contribution in [3.8, 4) is 5.75 Å². The number of amides is 3. The van der Waals surface area contributed by atoms with Gasteiger partial charge in [0.1, 0.15) is 0 Å². The van der Waals surface area contributed by atoms with Crippen LogP contribution in [0.15, 0.2) is 36.4 Å². The number of hydrogen-bond acceptors (Lipinski definition) is 5. The van der Waals surface area contributed by atoms with Crippen LogP contribution >= 0.6 is 23.2 Å². The molecular weight excluding hydrogens is 558 g/mol. The third-order valence-electron chi connectivity index (χ3n) is 7.13. The zero-order valence-electron chi connectivity index (χ0n) is 21.2. The number of carbonyl (C=O) groups is 2. The molecule has 2 atom stereocenters. The lowest BCUT2D eigenvalue weighted by Crippen LogP contribution is -2.53. The minimum atomic E-state index is -3.33. The summed E-state index contributed by atoms with van der Waals surface area (Å²) in [6.45, 7) is 1.52. The number of halogens is 3. The number of likely N-dealkylation sites (N-methyl/N-ethyl adjacent to an activating group) is 1. The first kappa shape index (κ1) is 28.4. The van der Waals surface area contributed by atoms with Gasteiger partial charge < -0.3 is 19.4 Å². The van der Waals surface area contributed by atoms with Crippen molar-refractivity contribution in [1.82, 2.24) is 19.0 Å². The molecule has 0 aromatic heterocycles. The van der Waals surface area contributed by atoms with Crippen LogP contribution in [0.4, 0.5) is 9.18 Å². The fourth-order valence-corrected chi connectivity index (χ4v) is 6.10. The second-order valence-corrected chi connectivity index (χ2v) is 12.2.